The fourth-order valence-electron chi connectivity index (χ4n) is 3.64. The number of carbonyl (C=O) groups is 1. The molecule has 0 radical (unpaired) electrons. The lowest BCUT2D eigenvalue weighted by Crippen LogP contribution is -2.04. The summed E-state index contributed by atoms with van der Waals surface area (Å²) in [4.78, 5) is 12.3. The fourth-order valence-corrected chi connectivity index (χ4v) is 3.82. The molecule has 34 heavy (non-hydrogen) atoms. The van der Waals surface area contributed by atoms with Crippen LogP contribution in [0.15, 0.2) is 108 Å². The number of benzene rings is 4. The van der Waals surface area contributed by atoms with E-state index in [1.165, 1.54) is 0 Å². The van der Waals surface area contributed by atoms with Crippen LogP contribution in [0, 0.1) is 0 Å². The number of esters is 1. The number of furan rings is 1. The number of fused-ring (bicyclic) bond motifs is 1. The van der Waals surface area contributed by atoms with Crippen LogP contribution in [0.3, 0.4) is 0 Å². The van der Waals surface area contributed by atoms with Crippen LogP contribution in [0.5, 0.6) is 0 Å². The summed E-state index contributed by atoms with van der Waals surface area (Å²) < 4.78 is 11.3. The van der Waals surface area contributed by atoms with E-state index < -0.39 is 0 Å². The number of halogens is 1. The Balaban J connectivity index is 1.22. The maximum atomic E-state index is 12.3. The van der Waals surface area contributed by atoms with Crippen LogP contribution in [-0.2, 0) is 11.3 Å². The van der Waals surface area contributed by atoms with Crippen molar-refractivity contribution in [3.8, 4) is 11.3 Å². The normalized spacial score (nSPS) is 11.2. The van der Waals surface area contributed by atoms with Crippen molar-refractivity contribution in [2.45, 2.75) is 6.61 Å². The summed E-state index contributed by atoms with van der Waals surface area (Å²) in [7, 11) is 0. The van der Waals surface area contributed by atoms with E-state index >= 15 is 0 Å². The van der Waals surface area contributed by atoms with Crippen molar-refractivity contribution >= 4 is 40.7 Å². The summed E-state index contributed by atoms with van der Waals surface area (Å²) in [5.41, 5.74) is 5.38. The molecule has 0 aliphatic carbocycles. The highest BCUT2D eigenvalue weighted by Gasteiger charge is 2.08. The molecular formula is C30H21ClO3. The molecule has 0 aliphatic rings. The quantitative estimate of drug-likeness (QED) is 0.187. The van der Waals surface area contributed by atoms with E-state index in [1.807, 2.05) is 103 Å². The number of rotatable bonds is 6. The molecule has 0 unspecified atom stereocenters. The molecule has 5 aromatic rings. The molecule has 0 saturated carbocycles. The highest BCUT2D eigenvalue weighted by Crippen LogP contribution is 2.29. The Bertz CT molecular complexity index is 1450. The average Bonchev–Trinajstić information content (AvgIpc) is 3.30. The molecule has 0 N–H and O–H groups in total. The number of ether oxygens (including phenoxy) is 1. The average molecular weight is 465 g/mol. The minimum atomic E-state index is -0.331. The topological polar surface area (TPSA) is 39.4 Å². The summed E-state index contributed by atoms with van der Waals surface area (Å²) in [5, 5.41) is 1.68. The molecule has 0 fully saturated rings. The van der Waals surface area contributed by atoms with Crippen molar-refractivity contribution in [2.24, 2.45) is 0 Å². The standard InChI is InChI=1S/C30H21ClO3/c31-27-16-17-28-26(18-27)19-29(34-28)24-12-8-21(9-13-24)6-7-22-10-14-25(15-11-22)30(32)33-20-23-4-2-1-3-5-23/h1-19H,20H2/b7-6+. The molecule has 0 bridgehead atoms. The molecule has 4 aromatic carbocycles. The van der Waals surface area contributed by atoms with Crippen LogP contribution >= 0.6 is 11.6 Å². The van der Waals surface area contributed by atoms with Crippen molar-refractivity contribution in [3.05, 3.63) is 130 Å². The van der Waals surface area contributed by atoms with Gasteiger partial charge in [0.1, 0.15) is 18.0 Å². The van der Waals surface area contributed by atoms with E-state index in [2.05, 4.69) is 0 Å². The summed E-state index contributed by atoms with van der Waals surface area (Å²) in [5.74, 6) is 0.477. The second kappa shape index (κ2) is 9.82. The zero-order valence-electron chi connectivity index (χ0n) is 18.3. The van der Waals surface area contributed by atoms with E-state index in [9.17, 15) is 4.79 Å². The highest BCUT2D eigenvalue weighted by molar-refractivity contribution is 6.31. The van der Waals surface area contributed by atoms with E-state index in [0.717, 1.165) is 39.0 Å². The monoisotopic (exact) mass is 464 g/mol. The molecule has 1 heterocycles. The van der Waals surface area contributed by atoms with Crippen LogP contribution in [0.25, 0.3) is 34.4 Å². The van der Waals surface area contributed by atoms with Gasteiger partial charge in [0.25, 0.3) is 0 Å². The van der Waals surface area contributed by atoms with Gasteiger partial charge in [-0.1, -0.05) is 90.5 Å². The third-order valence-electron chi connectivity index (χ3n) is 5.50. The minimum absolute atomic E-state index is 0.263. The molecule has 0 aliphatic heterocycles. The zero-order chi connectivity index (χ0) is 23.3. The molecule has 166 valence electrons. The van der Waals surface area contributed by atoms with Gasteiger partial charge in [0.2, 0.25) is 0 Å². The Hall–Kier alpha value is -4.08. The molecule has 1 aromatic heterocycles. The summed E-state index contributed by atoms with van der Waals surface area (Å²) in [6.07, 6.45) is 4.04. The van der Waals surface area contributed by atoms with Crippen LogP contribution in [0.2, 0.25) is 5.02 Å². The van der Waals surface area contributed by atoms with Gasteiger partial charge in [-0.25, -0.2) is 4.79 Å². The molecule has 4 heteroatoms. The molecular weight excluding hydrogens is 444 g/mol. The largest absolute Gasteiger partial charge is 0.457 e. The second-order valence-electron chi connectivity index (χ2n) is 7.93. The Morgan fingerprint density at radius 3 is 2.18 bits per heavy atom. The van der Waals surface area contributed by atoms with Gasteiger partial charge in [-0.2, -0.15) is 0 Å². The SMILES string of the molecule is O=C(OCc1ccccc1)c1ccc(/C=C/c2ccc(-c3cc4cc(Cl)ccc4o3)cc2)cc1. The molecule has 0 atom stereocenters. The summed E-state index contributed by atoms with van der Waals surface area (Å²) in [6.45, 7) is 0.263. The Kier molecular flexibility index (Phi) is 6.28. The van der Waals surface area contributed by atoms with Crippen LogP contribution in [-0.4, -0.2) is 5.97 Å². The first kappa shape index (κ1) is 21.7. The third-order valence-corrected chi connectivity index (χ3v) is 5.74. The number of carbonyl (C=O) groups excluding carboxylic acids is 1. The molecule has 0 spiro atoms. The smallest absolute Gasteiger partial charge is 0.338 e. The van der Waals surface area contributed by atoms with E-state index in [0.29, 0.717) is 10.6 Å². The summed E-state index contributed by atoms with van der Waals surface area (Å²) in [6, 6.07) is 32.8. The number of hydrogen-bond donors (Lipinski definition) is 0. The van der Waals surface area contributed by atoms with Crippen LogP contribution < -0.4 is 0 Å². The van der Waals surface area contributed by atoms with Crippen molar-refractivity contribution < 1.29 is 13.9 Å². The zero-order valence-corrected chi connectivity index (χ0v) is 19.0. The van der Waals surface area contributed by atoms with Gasteiger partial charge in [0, 0.05) is 16.0 Å². The van der Waals surface area contributed by atoms with E-state index in [-0.39, 0.29) is 12.6 Å². The van der Waals surface area contributed by atoms with Gasteiger partial charge in [-0.15, -0.1) is 0 Å². The number of hydrogen-bond acceptors (Lipinski definition) is 3. The highest BCUT2D eigenvalue weighted by atomic mass is 35.5. The lowest BCUT2D eigenvalue weighted by Gasteiger charge is -2.05. The van der Waals surface area contributed by atoms with Gasteiger partial charge in [-0.05, 0) is 53.1 Å². The predicted octanol–water partition coefficient (Wildman–Crippen LogP) is 8.28. The van der Waals surface area contributed by atoms with Gasteiger partial charge in [-0.3, -0.25) is 0 Å². The lowest BCUT2D eigenvalue weighted by molar-refractivity contribution is 0.0472. The van der Waals surface area contributed by atoms with Gasteiger partial charge in [0.15, 0.2) is 0 Å². The first-order valence-electron chi connectivity index (χ1n) is 10.9. The van der Waals surface area contributed by atoms with Gasteiger partial charge < -0.3 is 9.15 Å². The Labute approximate surface area is 202 Å². The third kappa shape index (κ3) is 5.11. The predicted molar refractivity (Wildman–Crippen MR) is 138 cm³/mol. The Morgan fingerprint density at radius 2 is 1.47 bits per heavy atom. The van der Waals surface area contributed by atoms with Crippen LogP contribution in [0.1, 0.15) is 27.0 Å². The van der Waals surface area contributed by atoms with Crippen LogP contribution in [0.4, 0.5) is 0 Å². The first-order chi connectivity index (χ1) is 16.6. The lowest BCUT2D eigenvalue weighted by atomic mass is 10.1. The maximum absolute atomic E-state index is 12.3. The second-order valence-corrected chi connectivity index (χ2v) is 8.37. The maximum Gasteiger partial charge on any atom is 0.338 e. The molecule has 5 rings (SSSR count). The van der Waals surface area contributed by atoms with Crippen molar-refractivity contribution in [1.82, 2.24) is 0 Å². The molecule has 0 saturated heterocycles. The van der Waals surface area contributed by atoms with E-state index in [1.54, 1.807) is 12.1 Å². The van der Waals surface area contributed by atoms with Crippen molar-refractivity contribution in [2.75, 3.05) is 0 Å². The summed E-state index contributed by atoms with van der Waals surface area (Å²) >= 11 is 6.07. The molecule has 0 amide bonds. The van der Waals surface area contributed by atoms with Crippen molar-refractivity contribution in [1.29, 1.82) is 0 Å². The van der Waals surface area contributed by atoms with Gasteiger partial charge >= 0.3 is 5.97 Å². The van der Waals surface area contributed by atoms with Gasteiger partial charge in [0.05, 0.1) is 5.56 Å². The van der Waals surface area contributed by atoms with Crippen molar-refractivity contribution in [3.63, 3.8) is 0 Å². The molecule has 3 nitrogen and oxygen atoms in total. The first-order valence-corrected chi connectivity index (χ1v) is 11.3. The fraction of sp³-hybridized carbons (Fsp3) is 0.0333. The van der Waals surface area contributed by atoms with E-state index in [4.69, 9.17) is 20.8 Å². The minimum Gasteiger partial charge on any atom is -0.457 e. The Morgan fingerprint density at radius 1 is 0.794 bits per heavy atom.